The van der Waals surface area contributed by atoms with E-state index in [1.54, 1.807) is 5.38 Å². The van der Waals surface area contributed by atoms with Crippen molar-refractivity contribution in [2.24, 2.45) is 0 Å². The number of hydrogen-bond acceptors (Lipinski definition) is 5. The molecule has 0 unspecified atom stereocenters. The Morgan fingerprint density at radius 1 is 1.11 bits per heavy atom. The standard InChI is InChI=1S/C25H26F3N3O3S2/c1-2-17-7-9-18(10-8-17)20-5-3-4-6-21(20)29-23(32)22-15-35-24(30-22)19-11-13-31(14-12-19)36(33,34)16-25(26,27)28/h3-10,15,19H,2,11-14,16H2,1H3,(H,29,32). The van der Waals surface area contributed by atoms with Crippen LogP contribution in [0.4, 0.5) is 18.9 Å². The fourth-order valence-electron chi connectivity index (χ4n) is 4.21. The van der Waals surface area contributed by atoms with Crippen LogP contribution < -0.4 is 5.32 Å². The van der Waals surface area contributed by atoms with Crippen molar-refractivity contribution < 1.29 is 26.4 Å². The summed E-state index contributed by atoms with van der Waals surface area (Å²) in [7, 11) is -4.39. The Morgan fingerprint density at radius 3 is 2.42 bits per heavy atom. The molecule has 3 aromatic rings. The molecule has 0 radical (unpaired) electrons. The van der Waals surface area contributed by atoms with Gasteiger partial charge < -0.3 is 5.32 Å². The summed E-state index contributed by atoms with van der Waals surface area (Å²) in [6.45, 7) is 2.08. The molecule has 1 aromatic heterocycles. The predicted molar refractivity (Wildman–Crippen MR) is 135 cm³/mol. The fraction of sp³-hybridized carbons (Fsp3) is 0.360. The number of piperidine rings is 1. The molecule has 1 amide bonds. The maximum atomic E-state index is 12.9. The molecule has 36 heavy (non-hydrogen) atoms. The first kappa shape index (κ1) is 26.3. The SMILES string of the molecule is CCc1ccc(-c2ccccc2NC(=O)c2csc(C3CCN(S(=O)(=O)CC(F)(F)F)CC3)n2)cc1. The molecular weight excluding hydrogens is 511 g/mol. The van der Waals surface area contributed by atoms with Crippen LogP contribution in [0.1, 0.15) is 46.7 Å². The molecule has 6 nitrogen and oxygen atoms in total. The topological polar surface area (TPSA) is 79.4 Å². The highest BCUT2D eigenvalue weighted by atomic mass is 32.2. The van der Waals surface area contributed by atoms with Crippen LogP contribution >= 0.6 is 11.3 Å². The zero-order valence-corrected chi connectivity index (χ0v) is 21.2. The number of hydrogen-bond donors (Lipinski definition) is 1. The normalized spacial score (nSPS) is 15.7. The molecule has 0 saturated carbocycles. The number of carbonyl (C=O) groups excluding carboxylic acids is 1. The second-order valence-electron chi connectivity index (χ2n) is 8.67. The number of thiazole rings is 1. The molecule has 0 spiro atoms. The highest BCUT2D eigenvalue weighted by Crippen LogP contribution is 2.33. The van der Waals surface area contributed by atoms with E-state index in [9.17, 15) is 26.4 Å². The van der Waals surface area contributed by atoms with Gasteiger partial charge in [0.25, 0.3) is 5.91 Å². The molecule has 192 valence electrons. The lowest BCUT2D eigenvalue weighted by Gasteiger charge is -2.30. The molecule has 1 N–H and O–H groups in total. The fourth-order valence-corrected chi connectivity index (χ4v) is 6.54. The molecule has 0 aliphatic carbocycles. The number of nitrogens with zero attached hydrogens (tertiary/aromatic N) is 2. The van der Waals surface area contributed by atoms with E-state index in [-0.39, 0.29) is 30.6 Å². The molecule has 1 aliphatic rings. The Kier molecular flexibility index (Phi) is 7.82. The van der Waals surface area contributed by atoms with Crippen LogP contribution in [0.2, 0.25) is 0 Å². The molecule has 1 fully saturated rings. The lowest BCUT2D eigenvalue weighted by molar-refractivity contribution is -0.107. The van der Waals surface area contributed by atoms with E-state index >= 15 is 0 Å². The first-order valence-electron chi connectivity index (χ1n) is 11.6. The van der Waals surface area contributed by atoms with Crippen LogP contribution in [0.3, 0.4) is 0 Å². The number of nitrogens with one attached hydrogen (secondary N) is 1. The number of sulfonamides is 1. The van der Waals surface area contributed by atoms with E-state index < -0.39 is 22.0 Å². The van der Waals surface area contributed by atoms with Crippen molar-refractivity contribution in [3.8, 4) is 11.1 Å². The Hall–Kier alpha value is -2.76. The van der Waals surface area contributed by atoms with Crippen LogP contribution in [-0.2, 0) is 16.4 Å². The number of aryl methyl sites for hydroxylation is 1. The number of aromatic nitrogens is 1. The van der Waals surface area contributed by atoms with Crippen molar-refractivity contribution in [2.75, 3.05) is 24.2 Å². The molecular formula is C25H26F3N3O3S2. The van der Waals surface area contributed by atoms with Gasteiger partial charge in [0.05, 0.1) is 5.01 Å². The van der Waals surface area contributed by atoms with Gasteiger partial charge in [-0.2, -0.15) is 13.2 Å². The van der Waals surface area contributed by atoms with Gasteiger partial charge in [0, 0.05) is 35.6 Å². The first-order valence-corrected chi connectivity index (χ1v) is 14.0. The van der Waals surface area contributed by atoms with Crippen LogP contribution in [-0.4, -0.2) is 48.6 Å². The van der Waals surface area contributed by atoms with Gasteiger partial charge >= 0.3 is 6.18 Å². The average molecular weight is 538 g/mol. The van der Waals surface area contributed by atoms with E-state index in [1.807, 2.05) is 36.4 Å². The third-order valence-electron chi connectivity index (χ3n) is 6.15. The van der Waals surface area contributed by atoms with Crippen LogP contribution in [0.15, 0.2) is 53.9 Å². The number of halogens is 3. The summed E-state index contributed by atoms with van der Waals surface area (Å²) < 4.78 is 62.7. The Labute approximate surface area is 212 Å². The number of alkyl halides is 3. The number of benzene rings is 2. The smallest absolute Gasteiger partial charge is 0.320 e. The van der Waals surface area contributed by atoms with Crippen molar-refractivity contribution in [2.45, 2.75) is 38.3 Å². The zero-order chi connectivity index (χ0) is 25.9. The zero-order valence-electron chi connectivity index (χ0n) is 19.6. The second kappa shape index (κ2) is 10.7. The minimum absolute atomic E-state index is 0.00557. The van der Waals surface area contributed by atoms with Gasteiger partial charge in [-0.3, -0.25) is 4.79 Å². The summed E-state index contributed by atoms with van der Waals surface area (Å²) in [5, 5.41) is 5.26. The molecule has 1 saturated heterocycles. The van der Waals surface area contributed by atoms with Gasteiger partial charge in [-0.25, -0.2) is 17.7 Å². The monoisotopic (exact) mass is 537 g/mol. The molecule has 4 rings (SSSR count). The van der Waals surface area contributed by atoms with Crippen LogP contribution in [0, 0.1) is 0 Å². The number of rotatable bonds is 7. The van der Waals surface area contributed by atoms with E-state index in [0.29, 0.717) is 23.5 Å². The number of carbonyl (C=O) groups is 1. The summed E-state index contributed by atoms with van der Waals surface area (Å²) in [4.78, 5) is 17.4. The lowest BCUT2D eigenvalue weighted by atomic mass is 9.99. The Balaban J connectivity index is 1.41. The molecule has 0 atom stereocenters. The van der Waals surface area contributed by atoms with E-state index in [4.69, 9.17) is 0 Å². The van der Waals surface area contributed by atoms with Crippen molar-refractivity contribution >= 4 is 33.0 Å². The highest BCUT2D eigenvalue weighted by molar-refractivity contribution is 7.89. The van der Waals surface area contributed by atoms with Crippen molar-refractivity contribution in [3.63, 3.8) is 0 Å². The minimum Gasteiger partial charge on any atom is -0.320 e. The van der Waals surface area contributed by atoms with Gasteiger partial charge in [0.2, 0.25) is 10.0 Å². The maximum Gasteiger partial charge on any atom is 0.404 e. The average Bonchev–Trinajstić information content (AvgIpc) is 3.34. The summed E-state index contributed by atoms with van der Waals surface area (Å²) in [5.41, 5.74) is 3.99. The Morgan fingerprint density at radius 2 is 1.78 bits per heavy atom. The minimum atomic E-state index is -4.77. The Bertz CT molecular complexity index is 1310. The first-order chi connectivity index (χ1) is 17.1. The summed E-state index contributed by atoms with van der Waals surface area (Å²) in [6, 6.07) is 15.7. The molecule has 11 heteroatoms. The number of anilines is 1. The third kappa shape index (κ3) is 6.32. The summed E-state index contributed by atoms with van der Waals surface area (Å²) >= 11 is 1.30. The highest BCUT2D eigenvalue weighted by Gasteiger charge is 2.39. The largest absolute Gasteiger partial charge is 0.404 e. The van der Waals surface area contributed by atoms with Gasteiger partial charge in [-0.15, -0.1) is 11.3 Å². The van der Waals surface area contributed by atoms with E-state index in [1.165, 1.54) is 16.9 Å². The van der Waals surface area contributed by atoms with Crippen molar-refractivity contribution in [1.29, 1.82) is 0 Å². The lowest BCUT2D eigenvalue weighted by Crippen LogP contribution is -2.42. The summed E-state index contributed by atoms with van der Waals surface area (Å²) in [6.07, 6.45) is -3.14. The van der Waals surface area contributed by atoms with E-state index in [2.05, 4.69) is 29.4 Å². The van der Waals surface area contributed by atoms with Crippen LogP contribution in [0.25, 0.3) is 11.1 Å². The molecule has 2 aromatic carbocycles. The molecule has 1 aliphatic heterocycles. The number of para-hydroxylation sites is 1. The second-order valence-corrected chi connectivity index (χ2v) is 11.5. The van der Waals surface area contributed by atoms with Crippen molar-refractivity contribution in [3.05, 3.63) is 70.2 Å². The van der Waals surface area contributed by atoms with Gasteiger partial charge in [-0.05, 0) is 36.5 Å². The molecule has 0 bridgehead atoms. The quantitative estimate of drug-likeness (QED) is 0.420. The van der Waals surface area contributed by atoms with Gasteiger partial charge in [0.15, 0.2) is 5.75 Å². The van der Waals surface area contributed by atoms with Crippen molar-refractivity contribution in [1.82, 2.24) is 9.29 Å². The predicted octanol–water partition coefficient (Wildman–Crippen LogP) is 5.70. The summed E-state index contributed by atoms with van der Waals surface area (Å²) in [5.74, 6) is -2.32. The van der Waals surface area contributed by atoms with Crippen LogP contribution in [0.5, 0.6) is 0 Å². The number of amides is 1. The molecule has 2 heterocycles. The van der Waals surface area contributed by atoms with E-state index in [0.717, 1.165) is 21.9 Å². The maximum absolute atomic E-state index is 12.9. The van der Waals surface area contributed by atoms with Gasteiger partial charge in [-0.1, -0.05) is 49.4 Å². The third-order valence-corrected chi connectivity index (χ3v) is 9.00. The van der Waals surface area contributed by atoms with Gasteiger partial charge in [0.1, 0.15) is 5.69 Å².